The average Bonchev–Trinajstić information content (AvgIpc) is 3.79. The quantitative estimate of drug-likeness (QED) is 0.152. The van der Waals surface area contributed by atoms with Crippen molar-refractivity contribution in [3.8, 4) is 0 Å². The molecule has 2 aromatic rings. The van der Waals surface area contributed by atoms with E-state index in [0.29, 0.717) is 18.4 Å². The van der Waals surface area contributed by atoms with Crippen molar-refractivity contribution in [2.24, 2.45) is 0 Å². The minimum atomic E-state index is -0.310. The first-order valence-corrected chi connectivity index (χ1v) is 17.4. The normalized spacial score (nSPS) is 15.3. The number of imide groups is 4. The number of carbonyl (C=O) groups excluding carboxylic acids is 9. The fourth-order valence-corrected chi connectivity index (χ4v) is 4.01. The summed E-state index contributed by atoms with van der Waals surface area (Å²) in [7, 11) is 7.55. The van der Waals surface area contributed by atoms with Crippen LogP contribution < -0.4 is 5.32 Å². The summed E-state index contributed by atoms with van der Waals surface area (Å²) in [5.74, 6) is -0.756. The predicted octanol–water partition coefficient (Wildman–Crippen LogP) is 3.85. The van der Waals surface area contributed by atoms with Crippen LogP contribution in [0.1, 0.15) is 75.7 Å². The molecule has 0 atom stereocenters. The molecule has 0 aromatic heterocycles. The number of nitrogens with one attached hydrogen (secondary N) is 1. The molecule has 4 saturated heterocycles. The zero-order chi connectivity index (χ0) is 41.4. The summed E-state index contributed by atoms with van der Waals surface area (Å²) in [6.45, 7) is 8.87. The number of hydrogen-bond acceptors (Lipinski definition) is 9. The summed E-state index contributed by atoms with van der Waals surface area (Å²) in [6, 6.07) is 18.1. The maximum absolute atomic E-state index is 11.6. The molecule has 4 heterocycles. The molecule has 16 nitrogen and oxygen atoms in total. The third-order valence-corrected chi connectivity index (χ3v) is 7.10. The van der Waals surface area contributed by atoms with Crippen LogP contribution in [-0.4, -0.2) is 132 Å². The van der Waals surface area contributed by atoms with Crippen molar-refractivity contribution in [3.05, 3.63) is 84.8 Å². The van der Waals surface area contributed by atoms with Gasteiger partial charge in [-0.05, 0) is 11.6 Å². The Hall–Kier alpha value is -3.82. The molecule has 58 heavy (non-hydrogen) atoms. The fraction of sp³-hybridized carbons (Fsp3) is 0.400. The zero-order valence-corrected chi connectivity index (χ0v) is 41.1. The van der Waals surface area contributed by atoms with E-state index in [2.05, 4.69) is 33.0 Å². The molecule has 18 heteroatoms. The van der Waals surface area contributed by atoms with E-state index in [-0.39, 0.29) is 145 Å². The van der Waals surface area contributed by atoms with Gasteiger partial charge in [-0.2, -0.15) is 0 Å². The van der Waals surface area contributed by atoms with Crippen LogP contribution in [0, 0.1) is 7.43 Å². The average molecular weight is 962 g/mol. The third-order valence-electron chi connectivity index (χ3n) is 7.10. The maximum Gasteiger partial charge on any atom is 0.326 e. The molecule has 2 aromatic carbocycles. The molecule has 10 amide bonds. The summed E-state index contributed by atoms with van der Waals surface area (Å²) in [5, 5.41) is 2.36. The van der Waals surface area contributed by atoms with Crippen LogP contribution >= 0.6 is 0 Å². The van der Waals surface area contributed by atoms with Crippen molar-refractivity contribution >= 4 is 59.9 Å². The monoisotopic (exact) mass is 961 g/mol. The Morgan fingerprint density at radius 1 is 0.586 bits per heavy atom. The Kier molecular flexibility index (Phi) is 38.4. The van der Waals surface area contributed by atoms with Crippen LogP contribution in [-0.2, 0) is 94.2 Å². The number of aldehydes is 1. The van der Waals surface area contributed by atoms with E-state index in [4.69, 9.17) is 0 Å². The van der Waals surface area contributed by atoms with E-state index < -0.39 is 0 Å². The van der Waals surface area contributed by atoms with Crippen molar-refractivity contribution < 1.29 is 114 Å². The van der Waals surface area contributed by atoms with Crippen molar-refractivity contribution in [2.45, 2.75) is 59.8 Å². The molecule has 4 aliphatic heterocycles. The number of urea groups is 2. The van der Waals surface area contributed by atoms with Gasteiger partial charge < -0.3 is 23.1 Å². The SMILES string of the molecule is CCC.CCC.CN1C(=O)CC(=Cc2ccccc2)C1=O.CN1C(=O)CCC1=O.CN1C(=O)CNC1=O.CN1CC(=O)N(C)C1=O.O.O=Cc1ccccc1.[CH3-].[Y].[Y]. The second kappa shape index (κ2) is 35.2. The number of nitrogens with zero attached hydrogens (tertiary/aromatic N) is 5. The molecule has 2 radical (unpaired) electrons. The Labute approximate surface area is 393 Å². The Balaban J connectivity index is -0.000000196. The van der Waals surface area contributed by atoms with Crippen molar-refractivity contribution in [1.29, 1.82) is 0 Å². The molecular weight excluding hydrogens is 902 g/mol. The molecule has 0 unspecified atom stereocenters. The molecule has 6 rings (SSSR count). The third kappa shape index (κ3) is 23.6. The fourth-order valence-electron chi connectivity index (χ4n) is 4.01. The first-order chi connectivity index (χ1) is 25.5. The maximum atomic E-state index is 11.6. The van der Waals surface area contributed by atoms with Crippen LogP contribution in [0.3, 0.4) is 0 Å². The van der Waals surface area contributed by atoms with Crippen LogP contribution in [0.4, 0.5) is 9.59 Å². The van der Waals surface area contributed by atoms with Crippen molar-refractivity contribution in [1.82, 2.24) is 29.8 Å². The number of benzene rings is 2. The summed E-state index contributed by atoms with van der Waals surface area (Å²) < 4.78 is 0. The van der Waals surface area contributed by atoms with E-state index in [1.807, 2.05) is 48.5 Å². The van der Waals surface area contributed by atoms with Gasteiger partial charge in [0, 0.05) is 125 Å². The molecule has 0 bridgehead atoms. The van der Waals surface area contributed by atoms with Gasteiger partial charge >= 0.3 is 12.1 Å². The molecule has 4 aliphatic rings. The van der Waals surface area contributed by atoms with Gasteiger partial charge in [0.25, 0.3) is 5.91 Å². The van der Waals surface area contributed by atoms with E-state index in [1.54, 1.807) is 25.3 Å². The van der Waals surface area contributed by atoms with E-state index in [9.17, 15) is 43.2 Å². The minimum absolute atomic E-state index is 0. The number of hydrogen-bond donors (Lipinski definition) is 1. The van der Waals surface area contributed by atoms with Gasteiger partial charge in [-0.15, -0.1) is 0 Å². The summed E-state index contributed by atoms with van der Waals surface area (Å²) in [4.78, 5) is 102. The second-order valence-electron chi connectivity index (χ2n) is 12.0. The van der Waals surface area contributed by atoms with Crippen molar-refractivity contribution in [2.75, 3.05) is 48.3 Å². The number of carbonyl (C=O) groups is 9. The van der Waals surface area contributed by atoms with Crippen molar-refractivity contribution in [3.63, 3.8) is 0 Å². The van der Waals surface area contributed by atoms with Crippen LogP contribution in [0.25, 0.3) is 6.08 Å². The zero-order valence-electron chi connectivity index (χ0n) is 35.4. The van der Waals surface area contributed by atoms with Gasteiger partial charge in [0.15, 0.2) is 0 Å². The van der Waals surface area contributed by atoms with E-state index >= 15 is 0 Å². The predicted molar refractivity (Wildman–Crippen MR) is 215 cm³/mol. The summed E-state index contributed by atoms with van der Waals surface area (Å²) in [6.07, 6.45) is 6.11. The topological polar surface area (TPSA) is 213 Å². The van der Waals surface area contributed by atoms with Gasteiger partial charge in [0.2, 0.25) is 29.5 Å². The molecule has 0 spiro atoms. The molecular formula is C40H59N6O10Y2-. The van der Waals surface area contributed by atoms with Gasteiger partial charge in [-0.25, -0.2) is 9.59 Å². The van der Waals surface area contributed by atoms with Crippen LogP contribution in [0.5, 0.6) is 0 Å². The molecule has 3 N–H and O–H groups in total. The number of rotatable bonds is 2. The minimum Gasteiger partial charge on any atom is -0.412 e. The molecule has 316 valence electrons. The Bertz CT molecular complexity index is 1560. The van der Waals surface area contributed by atoms with Gasteiger partial charge in [0.1, 0.15) is 12.8 Å². The standard InChI is InChI=1S/C12H11NO2.C7H6O.C5H8N2O2.C5H7NO2.C4H6N2O2.2C3H8.CH3.H2O.2Y/c1-13-11(14)8-10(12(13)15)7-9-5-3-2-4-6-9;8-6-7-4-2-1-3-5-7;1-6-3-4(8)7(2)5(6)9;1-6-4(7)2-3-5(6)8;1-6-3(7)2-5-4(6)8;2*1-3-2;;;;/h2-7H,8H2,1H3;1-6H;3H2,1-2H3;2-3H2,1H3;2H2,1H3,(H,5,8);2*3H2,1-2H3;1H3;1H2;;/q;;;;;;;-1;;;. The number of likely N-dealkylation sites (N-methyl/N-ethyl adjacent to an activating group) is 4. The van der Waals surface area contributed by atoms with Gasteiger partial charge in [-0.3, -0.25) is 53.2 Å². The number of likely N-dealkylation sites (tertiary alicyclic amines) is 2. The number of amides is 10. The molecule has 0 saturated carbocycles. The molecule has 4 fully saturated rings. The first kappa shape index (κ1) is 63.3. The molecule has 0 aliphatic carbocycles. The second-order valence-corrected chi connectivity index (χ2v) is 12.0. The summed E-state index contributed by atoms with van der Waals surface area (Å²) >= 11 is 0. The van der Waals surface area contributed by atoms with E-state index in [1.165, 1.54) is 50.8 Å². The van der Waals surface area contributed by atoms with E-state index in [0.717, 1.165) is 32.1 Å². The first-order valence-electron chi connectivity index (χ1n) is 17.4. The Morgan fingerprint density at radius 2 is 1.02 bits per heavy atom. The van der Waals surface area contributed by atoms with Gasteiger partial charge in [-0.1, -0.05) is 101 Å². The summed E-state index contributed by atoms with van der Waals surface area (Å²) in [5.41, 5.74) is 2.24. The smallest absolute Gasteiger partial charge is 0.326 e. The van der Waals surface area contributed by atoms with Crippen LogP contribution in [0.15, 0.2) is 66.2 Å². The van der Waals surface area contributed by atoms with Gasteiger partial charge in [0.05, 0.1) is 13.0 Å². The van der Waals surface area contributed by atoms with Crippen LogP contribution in [0.2, 0.25) is 0 Å². The largest absolute Gasteiger partial charge is 0.412 e. The Morgan fingerprint density at radius 3 is 1.22 bits per heavy atom.